The van der Waals surface area contributed by atoms with Crippen molar-refractivity contribution in [3.8, 4) is 11.4 Å². The van der Waals surface area contributed by atoms with Gasteiger partial charge >= 0.3 is 6.18 Å². The molecule has 2 heterocycles. The second-order valence-electron chi connectivity index (χ2n) is 7.53. The number of benzene rings is 2. The van der Waals surface area contributed by atoms with Gasteiger partial charge in [-0.2, -0.15) is 13.2 Å². The zero-order chi connectivity index (χ0) is 25.7. The molecule has 0 fully saturated rings. The number of alkyl halides is 3. The van der Waals surface area contributed by atoms with E-state index in [1.54, 1.807) is 24.4 Å². The lowest BCUT2D eigenvalue weighted by Crippen LogP contribution is -2.14. The highest BCUT2D eigenvalue weighted by atomic mass is 35.5. The van der Waals surface area contributed by atoms with Crippen LogP contribution < -0.4 is 5.32 Å². The first kappa shape index (κ1) is 25.9. The summed E-state index contributed by atoms with van der Waals surface area (Å²) in [6.07, 6.45) is -0.869. The molecule has 6 nitrogen and oxygen atoms in total. The summed E-state index contributed by atoms with van der Waals surface area (Å²) in [5, 5.41) is 12.6. The third-order valence-corrected chi connectivity index (χ3v) is 7.12. The molecule has 0 spiro atoms. The molecule has 1 amide bonds. The summed E-state index contributed by atoms with van der Waals surface area (Å²) in [6.45, 7) is 4.21. The largest absolute Gasteiger partial charge is 0.416 e. The van der Waals surface area contributed by atoms with Crippen molar-refractivity contribution in [1.29, 1.82) is 0 Å². The summed E-state index contributed by atoms with van der Waals surface area (Å²) in [5.41, 5.74) is 0.538. The van der Waals surface area contributed by atoms with Crippen molar-refractivity contribution in [1.82, 2.24) is 19.7 Å². The number of anilines is 1. The molecule has 0 aliphatic carbocycles. The molecule has 0 bridgehead atoms. The fourth-order valence-corrected chi connectivity index (χ4v) is 5.15. The van der Waals surface area contributed by atoms with Crippen molar-refractivity contribution in [3.63, 3.8) is 0 Å². The fraction of sp³-hybridized carbons (Fsp3) is 0.167. The topological polar surface area (TPSA) is 72.7 Å². The summed E-state index contributed by atoms with van der Waals surface area (Å²) < 4.78 is 40.7. The Morgan fingerprint density at radius 1 is 1.19 bits per heavy atom. The number of thiazole rings is 1. The minimum absolute atomic E-state index is 0.0559. The van der Waals surface area contributed by atoms with Gasteiger partial charge in [0.1, 0.15) is 0 Å². The molecular weight excluding hydrogens is 531 g/mol. The Morgan fingerprint density at radius 3 is 2.75 bits per heavy atom. The van der Waals surface area contributed by atoms with Crippen LogP contribution in [-0.2, 0) is 23.9 Å². The molecule has 0 saturated carbocycles. The highest BCUT2D eigenvalue weighted by molar-refractivity contribution is 7.99. The van der Waals surface area contributed by atoms with E-state index in [-0.39, 0.29) is 18.1 Å². The number of hydrogen-bond donors (Lipinski definition) is 1. The minimum Gasteiger partial charge on any atom is -0.301 e. The highest BCUT2D eigenvalue weighted by Crippen LogP contribution is 2.31. The number of rotatable bonds is 9. The Labute approximate surface area is 218 Å². The van der Waals surface area contributed by atoms with E-state index in [2.05, 4.69) is 27.1 Å². The van der Waals surface area contributed by atoms with E-state index in [1.807, 2.05) is 22.8 Å². The van der Waals surface area contributed by atoms with Crippen LogP contribution in [0.25, 0.3) is 11.4 Å². The molecule has 36 heavy (non-hydrogen) atoms. The van der Waals surface area contributed by atoms with Gasteiger partial charge in [0.05, 0.1) is 16.3 Å². The summed E-state index contributed by atoms with van der Waals surface area (Å²) >= 11 is 8.72. The molecule has 2 aromatic heterocycles. The third-order valence-electron chi connectivity index (χ3n) is 4.91. The molecule has 0 radical (unpaired) electrons. The Bertz CT molecular complexity index is 1390. The third kappa shape index (κ3) is 6.34. The van der Waals surface area contributed by atoms with Crippen molar-refractivity contribution in [2.75, 3.05) is 11.1 Å². The molecule has 2 aromatic carbocycles. The molecule has 0 aliphatic heterocycles. The molecule has 0 atom stereocenters. The Hall–Kier alpha value is -3.15. The van der Waals surface area contributed by atoms with E-state index in [1.165, 1.54) is 29.2 Å². The van der Waals surface area contributed by atoms with E-state index in [0.717, 1.165) is 22.6 Å². The summed E-state index contributed by atoms with van der Waals surface area (Å²) in [6, 6.07) is 12.4. The zero-order valence-corrected chi connectivity index (χ0v) is 21.0. The lowest BCUT2D eigenvalue weighted by atomic mass is 10.1. The Balaban J connectivity index is 1.38. The van der Waals surface area contributed by atoms with Crippen LogP contribution in [0.1, 0.15) is 16.0 Å². The number of nitrogens with zero attached hydrogens (tertiary/aromatic N) is 4. The predicted octanol–water partition coefficient (Wildman–Crippen LogP) is 6.58. The van der Waals surface area contributed by atoms with Gasteiger partial charge < -0.3 is 5.32 Å². The first-order valence-electron chi connectivity index (χ1n) is 10.6. The van der Waals surface area contributed by atoms with Gasteiger partial charge in [0.15, 0.2) is 16.1 Å². The number of carbonyl (C=O) groups is 1. The standard InChI is InChI=1S/C24H19ClF3N5OS2/c1-2-10-33-21(18-8-3-4-9-19(18)25)31-32-23(33)35-14-20(34)30-22-29-13-17(36-22)12-15-6-5-7-16(11-15)24(26,27)28/h2-9,11,13H,1,10,12,14H2,(H,29,30,34). The molecule has 4 aromatic rings. The van der Waals surface area contributed by atoms with E-state index in [9.17, 15) is 18.0 Å². The fourth-order valence-electron chi connectivity index (χ4n) is 3.32. The first-order chi connectivity index (χ1) is 17.2. The van der Waals surface area contributed by atoms with E-state index in [0.29, 0.717) is 33.2 Å². The number of aromatic nitrogens is 4. The van der Waals surface area contributed by atoms with Gasteiger partial charge in [-0.1, -0.05) is 59.8 Å². The van der Waals surface area contributed by atoms with Crippen molar-refractivity contribution in [2.24, 2.45) is 0 Å². The van der Waals surface area contributed by atoms with Crippen LogP contribution in [0.15, 0.2) is 72.5 Å². The van der Waals surface area contributed by atoms with Crippen LogP contribution >= 0.6 is 34.7 Å². The molecule has 0 unspecified atom stereocenters. The normalized spacial score (nSPS) is 11.4. The summed E-state index contributed by atoms with van der Waals surface area (Å²) in [5.74, 6) is 0.329. The lowest BCUT2D eigenvalue weighted by Gasteiger charge is -2.08. The molecule has 4 rings (SSSR count). The zero-order valence-electron chi connectivity index (χ0n) is 18.6. The van der Waals surface area contributed by atoms with Crippen molar-refractivity contribution < 1.29 is 18.0 Å². The van der Waals surface area contributed by atoms with E-state index in [4.69, 9.17) is 11.6 Å². The quantitative estimate of drug-likeness (QED) is 0.188. The number of nitrogens with one attached hydrogen (secondary N) is 1. The van der Waals surface area contributed by atoms with Crippen LogP contribution in [0.4, 0.5) is 18.3 Å². The van der Waals surface area contributed by atoms with Crippen LogP contribution in [0.3, 0.4) is 0 Å². The lowest BCUT2D eigenvalue weighted by molar-refractivity contribution is -0.137. The summed E-state index contributed by atoms with van der Waals surface area (Å²) in [7, 11) is 0. The number of carbonyl (C=O) groups excluding carboxylic acids is 1. The van der Waals surface area contributed by atoms with Crippen molar-refractivity contribution in [2.45, 2.75) is 24.3 Å². The van der Waals surface area contributed by atoms with Gasteiger partial charge in [-0.25, -0.2) is 4.98 Å². The average Bonchev–Trinajstić information content (AvgIpc) is 3.44. The maximum atomic E-state index is 12.9. The second kappa shape index (κ2) is 11.3. The van der Waals surface area contributed by atoms with Gasteiger partial charge in [-0.05, 0) is 23.8 Å². The van der Waals surface area contributed by atoms with Gasteiger partial charge in [0.25, 0.3) is 0 Å². The number of allylic oxidation sites excluding steroid dienone is 1. The molecule has 12 heteroatoms. The first-order valence-corrected chi connectivity index (χ1v) is 12.7. The van der Waals surface area contributed by atoms with Gasteiger partial charge in [0.2, 0.25) is 5.91 Å². The molecule has 0 saturated heterocycles. The number of hydrogen-bond acceptors (Lipinski definition) is 6. The Morgan fingerprint density at radius 2 is 2.00 bits per heavy atom. The summed E-state index contributed by atoms with van der Waals surface area (Å²) in [4.78, 5) is 17.4. The van der Waals surface area contributed by atoms with Gasteiger partial charge in [-0.15, -0.1) is 28.1 Å². The SMILES string of the molecule is C=CCn1c(SCC(=O)Nc2ncc(Cc3cccc(C(F)(F)F)c3)s2)nnc1-c1ccccc1Cl. The molecule has 0 aliphatic rings. The average molecular weight is 550 g/mol. The number of amides is 1. The predicted molar refractivity (Wildman–Crippen MR) is 136 cm³/mol. The Kier molecular flexibility index (Phi) is 8.12. The molecule has 1 N–H and O–H groups in total. The maximum Gasteiger partial charge on any atom is 0.416 e. The van der Waals surface area contributed by atoms with Crippen LogP contribution in [0.2, 0.25) is 5.02 Å². The van der Waals surface area contributed by atoms with Crippen molar-refractivity contribution in [3.05, 3.63) is 88.4 Å². The van der Waals surface area contributed by atoms with Crippen molar-refractivity contribution >= 4 is 45.7 Å². The van der Waals surface area contributed by atoms with E-state index < -0.39 is 11.7 Å². The number of halogens is 4. The van der Waals surface area contributed by atoms with E-state index >= 15 is 0 Å². The number of thioether (sulfide) groups is 1. The molecular formula is C24H19ClF3N5OS2. The highest BCUT2D eigenvalue weighted by Gasteiger charge is 2.30. The monoisotopic (exact) mass is 549 g/mol. The molecule has 186 valence electrons. The smallest absolute Gasteiger partial charge is 0.301 e. The minimum atomic E-state index is -4.40. The second-order valence-corrected chi connectivity index (χ2v) is 9.99. The van der Waals surface area contributed by atoms with Crippen LogP contribution in [-0.4, -0.2) is 31.4 Å². The maximum absolute atomic E-state index is 12.9. The van der Waals surface area contributed by atoms with Crippen LogP contribution in [0, 0.1) is 0 Å². The van der Waals surface area contributed by atoms with Crippen LogP contribution in [0.5, 0.6) is 0 Å². The van der Waals surface area contributed by atoms with Gasteiger partial charge in [0, 0.05) is 29.6 Å². The van der Waals surface area contributed by atoms with Gasteiger partial charge in [-0.3, -0.25) is 9.36 Å².